The van der Waals surface area contributed by atoms with Crippen molar-refractivity contribution in [2.24, 2.45) is 0 Å². The molecule has 1 unspecified atom stereocenters. The second-order valence-electron chi connectivity index (χ2n) is 12.7. The fraction of sp³-hybridized carbons (Fsp3) is 1.00. The van der Waals surface area contributed by atoms with Crippen LogP contribution in [0.3, 0.4) is 0 Å². The average molecular weight is 425 g/mol. The molecule has 0 saturated carbocycles. The minimum Gasteiger partial charge on any atom is -0.312 e. The Hall–Kier alpha value is 0.0899. The van der Waals surface area contributed by atoms with E-state index in [1.165, 1.54) is 45.1 Å². The van der Waals surface area contributed by atoms with E-state index in [-0.39, 0.29) is 0 Å². The molecule has 0 aromatic heterocycles. The van der Waals surface area contributed by atoms with Gasteiger partial charge >= 0.3 is 0 Å². The van der Waals surface area contributed by atoms with Crippen molar-refractivity contribution in [1.29, 1.82) is 0 Å². The molecular weight excluding hydrogens is 372 g/mol. The summed E-state index contributed by atoms with van der Waals surface area (Å²) >= 11 is 0. The first-order chi connectivity index (χ1) is 15.1. The maximum atomic E-state index is 4.04. The zero-order valence-corrected chi connectivity index (χ0v) is 21.5. The van der Waals surface area contributed by atoms with E-state index in [1.807, 2.05) is 0 Å². The third kappa shape index (κ3) is 5.78. The van der Waals surface area contributed by atoms with Crippen LogP contribution in [0.2, 0.25) is 29.0 Å². The lowest BCUT2D eigenvalue weighted by atomic mass is 9.06. The molecule has 176 valence electrons. The number of unbranched alkanes of at least 4 members (excludes halogenated alkanes) is 2. The monoisotopic (exact) mass is 425 g/mol. The Bertz CT molecular complexity index is 463. The predicted molar refractivity (Wildman–Crippen MR) is 141 cm³/mol. The fourth-order valence-corrected chi connectivity index (χ4v) is 9.14. The Morgan fingerprint density at radius 1 is 0.742 bits per heavy atom. The highest BCUT2D eigenvalue weighted by molar-refractivity contribution is 6.83. The van der Waals surface area contributed by atoms with Gasteiger partial charge in [-0.15, -0.1) is 0 Å². The van der Waals surface area contributed by atoms with Gasteiger partial charge in [0.25, 0.3) is 0 Å². The van der Waals surface area contributed by atoms with Crippen molar-refractivity contribution in [3.63, 3.8) is 0 Å². The van der Waals surface area contributed by atoms with Crippen molar-refractivity contribution in [3.8, 4) is 0 Å². The van der Waals surface area contributed by atoms with E-state index in [0.29, 0.717) is 5.54 Å². The minimum absolute atomic E-state index is 0.361. The fourth-order valence-electron chi connectivity index (χ4n) is 9.14. The van der Waals surface area contributed by atoms with Gasteiger partial charge in [0, 0.05) is 5.54 Å². The molecule has 0 amide bonds. The molecule has 31 heavy (non-hydrogen) atoms. The van der Waals surface area contributed by atoms with Crippen molar-refractivity contribution in [1.82, 2.24) is 5.32 Å². The molecule has 0 aromatic carbocycles. The zero-order chi connectivity index (χ0) is 21.7. The third-order valence-corrected chi connectivity index (χ3v) is 10.9. The Morgan fingerprint density at radius 3 is 1.58 bits per heavy atom. The van der Waals surface area contributed by atoms with Gasteiger partial charge in [0.05, 0.1) is 0 Å². The van der Waals surface area contributed by atoms with Crippen LogP contribution in [0.15, 0.2) is 0 Å². The molecule has 1 nitrogen and oxygen atoms in total. The Morgan fingerprint density at radius 2 is 1.19 bits per heavy atom. The molecule has 4 heterocycles. The van der Waals surface area contributed by atoms with Crippen LogP contribution < -0.4 is 5.32 Å². The summed E-state index contributed by atoms with van der Waals surface area (Å²) in [6.07, 6.45) is 27.0. The highest BCUT2D eigenvalue weighted by atomic mass is 15.0. The van der Waals surface area contributed by atoms with Gasteiger partial charge < -0.3 is 5.32 Å². The minimum atomic E-state index is 0.361. The van der Waals surface area contributed by atoms with E-state index in [0.717, 1.165) is 42.4 Å². The van der Waals surface area contributed by atoms with E-state index in [1.54, 1.807) is 77.0 Å². The van der Waals surface area contributed by atoms with Crippen LogP contribution in [0.25, 0.3) is 0 Å². The van der Waals surface area contributed by atoms with Crippen LogP contribution in [-0.2, 0) is 0 Å². The lowest BCUT2D eigenvalue weighted by Gasteiger charge is -2.52. The molecule has 4 fully saturated rings. The van der Waals surface area contributed by atoms with Gasteiger partial charge in [-0.3, -0.25) is 0 Å². The maximum absolute atomic E-state index is 4.04. The largest absolute Gasteiger partial charge is 0.312 e. The van der Waals surface area contributed by atoms with Gasteiger partial charge in [-0.1, -0.05) is 139 Å². The summed E-state index contributed by atoms with van der Waals surface area (Å²) in [6, 6.07) is 0. The number of nitrogens with one attached hydrogen (secondary N) is 1. The van der Waals surface area contributed by atoms with Gasteiger partial charge in [-0.25, -0.2) is 0 Å². The van der Waals surface area contributed by atoms with E-state index in [4.69, 9.17) is 0 Å². The molecule has 4 aliphatic heterocycles. The molecule has 4 bridgehead atoms. The Balaban J connectivity index is 1.50. The van der Waals surface area contributed by atoms with Crippen LogP contribution in [0.1, 0.15) is 136 Å². The van der Waals surface area contributed by atoms with E-state index in [2.05, 4.69) is 26.1 Å². The number of fused-ring (bicyclic) bond motifs is 4. The summed E-state index contributed by atoms with van der Waals surface area (Å²) in [7, 11) is 0. The smallest absolute Gasteiger partial charge is 0.142 e. The molecule has 1 atom stereocenters. The first-order valence-corrected chi connectivity index (χ1v) is 14.9. The van der Waals surface area contributed by atoms with Crippen LogP contribution >= 0.6 is 0 Å². The normalized spacial score (nSPS) is 33.8. The molecule has 4 rings (SSSR count). The molecule has 1 N–H and O–H groups in total. The van der Waals surface area contributed by atoms with Crippen LogP contribution in [0.4, 0.5) is 0 Å². The highest BCUT2D eigenvalue weighted by Crippen LogP contribution is 2.58. The average Bonchev–Trinajstić information content (AvgIpc) is 2.76. The molecular formula is C28H53B2N. The highest BCUT2D eigenvalue weighted by Gasteiger charge is 2.52. The summed E-state index contributed by atoms with van der Waals surface area (Å²) in [4.78, 5) is 0. The van der Waals surface area contributed by atoms with Crippen LogP contribution in [0.5, 0.6) is 0 Å². The molecule has 3 heteroatoms. The van der Waals surface area contributed by atoms with Gasteiger partial charge in [0.1, 0.15) is 13.4 Å². The topological polar surface area (TPSA) is 12.0 Å². The van der Waals surface area contributed by atoms with Crippen LogP contribution in [0, 0.1) is 0 Å². The van der Waals surface area contributed by atoms with E-state index in [9.17, 15) is 0 Å². The van der Waals surface area contributed by atoms with Crippen molar-refractivity contribution in [3.05, 3.63) is 0 Å². The summed E-state index contributed by atoms with van der Waals surface area (Å²) < 4.78 is 0. The van der Waals surface area contributed by atoms with Gasteiger partial charge in [0.15, 0.2) is 0 Å². The number of hydrogen-bond donors (Lipinski definition) is 1. The standard InChI is InChI=1S/C28H53B2N/c1-4-6-7-22-31-28(3,5-2)21-20-27(29-23-12-8-13-24(29)15-9-14-23)30-25-16-10-17-26(30)19-11-18-25/h23-27,31H,4-22H2,1-3H3. The molecule has 4 aliphatic rings. The van der Waals surface area contributed by atoms with E-state index >= 15 is 0 Å². The first-order valence-electron chi connectivity index (χ1n) is 14.9. The number of hydrogen-bond acceptors (Lipinski definition) is 1. The molecule has 0 aromatic rings. The van der Waals surface area contributed by atoms with Gasteiger partial charge in [-0.2, -0.15) is 0 Å². The zero-order valence-electron chi connectivity index (χ0n) is 21.5. The summed E-state index contributed by atoms with van der Waals surface area (Å²) in [5.41, 5.74) is 1.41. The lowest BCUT2D eigenvalue weighted by Crippen LogP contribution is -2.50. The molecule has 0 aliphatic carbocycles. The van der Waals surface area contributed by atoms with Crippen LogP contribution in [-0.4, -0.2) is 25.5 Å². The maximum Gasteiger partial charge on any atom is 0.142 e. The van der Waals surface area contributed by atoms with Crippen molar-refractivity contribution in [2.75, 3.05) is 6.54 Å². The predicted octanol–water partition coefficient (Wildman–Crippen LogP) is 8.83. The molecule has 4 saturated heterocycles. The summed E-state index contributed by atoms with van der Waals surface area (Å²) in [6.45, 7) is 10.7. The number of rotatable bonds is 11. The third-order valence-electron chi connectivity index (χ3n) is 10.9. The van der Waals surface area contributed by atoms with E-state index < -0.39 is 0 Å². The summed E-state index contributed by atoms with van der Waals surface area (Å²) in [5.74, 6) is 4.35. The SMILES string of the molecule is CCCCCNC(C)(CC)CCC(B1C2CCCC1CCC2)B1C2CCCC1CCC2. The summed E-state index contributed by atoms with van der Waals surface area (Å²) in [5, 5.41) is 4.04. The lowest BCUT2D eigenvalue weighted by molar-refractivity contribution is 0.308. The Kier molecular flexibility index (Phi) is 8.97. The van der Waals surface area contributed by atoms with Crippen molar-refractivity contribution in [2.45, 2.75) is 171 Å². The first kappa shape index (κ1) is 24.2. The van der Waals surface area contributed by atoms with Gasteiger partial charge in [0.2, 0.25) is 0 Å². The quantitative estimate of drug-likeness (QED) is 0.258. The second-order valence-corrected chi connectivity index (χ2v) is 12.7. The van der Waals surface area contributed by atoms with Crippen molar-refractivity contribution >= 4 is 13.4 Å². The Labute approximate surface area is 196 Å². The molecule has 0 radical (unpaired) electrons. The second kappa shape index (κ2) is 11.5. The van der Waals surface area contributed by atoms with Crippen molar-refractivity contribution < 1.29 is 0 Å². The molecule has 0 spiro atoms. The van der Waals surface area contributed by atoms with Gasteiger partial charge in [-0.05, 0) is 32.7 Å².